The highest BCUT2D eigenvalue weighted by atomic mass is 32.2. The molecule has 2 rings (SSSR count). The lowest BCUT2D eigenvalue weighted by Crippen LogP contribution is -2.46. The lowest BCUT2D eigenvalue weighted by Gasteiger charge is -2.35. The van der Waals surface area contributed by atoms with Gasteiger partial charge in [-0.25, -0.2) is 0 Å². The molecule has 1 heterocycles. The van der Waals surface area contributed by atoms with Gasteiger partial charge in [-0.05, 0) is 45.7 Å². The highest BCUT2D eigenvalue weighted by molar-refractivity contribution is 7.99. The maximum atomic E-state index is 9.34. The molecule has 0 spiro atoms. The average molecular weight is 264 g/mol. The van der Waals surface area contributed by atoms with Crippen LogP contribution in [-0.4, -0.2) is 27.6 Å². The van der Waals surface area contributed by atoms with Gasteiger partial charge in [0.15, 0.2) is 0 Å². The van der Waals surface area contributed by atoms with Gasteiger partial charge in [-0.3, -0.25) is 4.68 Å². The van der Waals surface area contributed by atoms with Crippen LogP contribution in [0.1, 0.15) is 31.4 Å². The summed E-state index contributed by atoms with van der Waals surface area (Å²) < 4.78 is 1.93. The van der Waals surface area contributed by atoms with Crippen LogP contribution in [0.5, 0.6) is 0 Å². The van der Waals surface area contributed by atoms with Crippen LogP contribution in [0.15, 0.2) is 11.1 Å². The van der Waals surface area contributed by atoms with Gasteiger partial charge in [0.1, 0.15) is 5.54 Å². The minimum Gasteiger partial charge on any atom is -0.302 e. The van der Waals surface area contributed by atoms with Gasteiger partial charge in [-0.1, -0.05) is 0 Å². The Morgan fingerprint density at radius 1 is 1.67 bits per heavy atom. The molecule has 4 nitrogen and oxygen atoms in total. The summed E-state index contributed by atoms with van der Waals surface area (Å²) in [6.07, 6.45) is 4.17. The molecule has 1 N–H and O–H groups in total. The van der Waals surface area contributed by atoms with Crippen LogP contribution in [0.4, 0.5) is 0 Å². The molecule has 1 fully saturated rings. The van der Waals surface area contributed by atoms with E-state index in [9.17, 15) is 5.26 Å². The van der Waals surface area contributed by atoms with Gasteiger partial charge in [0.05, 0.1) is 16.8 Å². The number of hydrogen-bond acceptors (Lipinski definition) is 4. The fraction of sp³-hybridized carbons (Fsp3) is 0.692. The number of thioether (sulfide) groups is 1. The zero-order valence-electron chi connectivity index (χ0n) is 11.2. The van der Waals surface area contributed by atoms with Gasteiger partial charge in [0.2, 0.25) is 0 Å². The first kappa shape index (κ1) is 13.4. The molecular weight excluding hydrogens is 244 g/mol. The predicted molar refractivity (Wildman–Crippen MR) is 73.5 cm³/mol. The SMILES string of the molecule is CNC1(C#N)CCCC(Sc2cc(C)nn2C)C1. The van der Waals surface area contributed by atoms with Crippen molar-refractivity contribution in [3.63, 3.8) is 0 Å². The van der Waals surface area contributed by atoms with Crippen LogP contribution in [0.3, 0.4) is 0 Å². The summed E-state index contributed by atoms with van der Waals surface area (Å²) in [6.45, 7) is 2.01. The van der Waals surface area contributed by atoms with E-state index in [0.29, 0.717) is 5.25 Å². The molecule has 2 unspecified atom stereocenters. The first-order valence-corrected chi connectivity index (χ1v) is 7.24. The predicted octanol–water partition coefficient (Wildman–Crippen LogP) is 2.25. The second-order valence-corrected chi connectivity index (χ2v) is 6.35. The molecule has 1 aliphatic rings. The fourth-order valence-electron chi connectivity index (χ4n) is 2.58. The third-order valence-corrected chi connectivity index (χ3v) is 5.00. The van der Waals surface area contributed by atoms with E-state index in [1.165, 1.54) is 11.4 Å². The van der Waals surface area contributed by atoms with E-state index in [2.05, 4.69) is 22.6 Å². The third kappa shape index (κ3) is 2.70. The Balaban J connectivity index is 2.06. The van der Waals surface area contributed by atoms with Crippen LogP contribution in [-0.2, 0) is 7.05 Å². The van der Waals surface area contributed by atoms with Crippen LogP contribution in [0, 0.1) is 18.3 Å². The van der Waals surface area contributed by atoms with E-state index in [1.807, 2.05) is 37.5 Å². The average Bonchev–Trinajstić information content (AvgIpc) is 2.68. The molecule has 1 saturated carbocycles. The van der Waals surface area contributed by atoms with Gasteiger partial charge < -0.3 is 5.32 Å². The number of nitriles is 1. The zero-order valence-corrected chi connectivity index (χ0v) is 12.0. The molecule has 18 heavy (non-hydrogen) atoms. The van der Waals surface area contributed by atoms with Crippen molar-refractivity contribution in [3.05, 3.63) is 11.8 Å². The number of aryl methyl sites for hydroxylation is 2. The van der Waals surface area contributed by atoms with E-state index in [-0.39, 0.29) is 5.54 Å². The lowest BCUT2D eigenvalue weighted by molar-refractivity contribution is 0.323. The molecule has 0 amide bonds. The second-order valence-electron chi connectivity index (χ2n) is 5.03. The monoisotopic (exact) mass is 264 g/mol. The van der Waals surface area contributed by atoms with Crippen molar-refractivity contribution in [1.29, 1.82) is 5.26 Å². The minimum atomic E-state index is -0.330. The van der Waals surface area contributed by atoms with Crippen molar-refractivity contribution in [1.82, 2.24) is 15.1 Å². The van der Waals surface area contributed by atoms with Gasteiger partial charge in [-0.15, -0.1) is 11.8 Å². The first-order chi connectivity index (χ1) is 8.58. The highest BCUT2D eigenvalue weighted by Crippen LogP contribution is 2.37. The zero-order chi connectivity index (χ0) is 13.2. The van der Waals surface area contributed by atoms with Gasteiger partial charge in [0.25, 0.3) is 0 Å². The number of rotatable bonds is 3. The summed E-state index contributed by atoms with van der Waals surface area (Å²) in [5.41, 5.74) is 0.722. The molecule has 1 aromatic rings. The molecule has 0 radical (unpaired) electrons. The molecule has 0 bridgehead atoms. The first-order valence-electron chi connectivity index (χ1n) is 6.36. The summed E-state index contributed by atoms with van der Waals surface area (Å²) in [4.78, 5) is 0. The Labute approximate surface area is 113 Å². The van der Waals surface area contributed by atoms with Crippen molar-refractivity contribution in [2.75, 3.05) is 7.05 Å². The molecule has 0 aliphatic heterocycles. The molecule has 1 aromatic heterocycles. The summed E-state index contributed by atoms with van der Waals surface area (Å²) in [5, 5.41) is 18.6. The number of nitrogens with one attached hydrogen (secondary N) is 1. The van der Waals surface area contributed by atoms with Crippen LogP contribution in [0.25, 0.3) is 0 Å². The largest absolute Gasteiger partial charge is 0.302 e. The Morgan fingerprint density at radius 2 is 2.44 bits per heavy atom. The van der Waals surface area contributed by atoms with Gasteiger partial charge >= 0.3 is 0 Å². The maximum absolute atomic E-state index is 9.34. The summed E-state index contributed by atoms with van der Waals surface area (Å²) in [7, 11) is 3.87. The quantitative estimate of drug-likeness (QED) is 0.909. The van der Waals surface area contributed by atoms with Crippen molar-refractivity contribution in [2.24, 2.45) is 7.05 Å². The van der Waals surface area contributed by atoms with E-state index in [4.69, 9.17) is 0 Å². The smallest absolute Gasteiger partial charge is 0.107 e. The van der Waals surface area contributed by atoms with E-state index >= 15 is 0 Å². The van der Waals surface area contributed by atoms with E-state index < -0.39 is 0 Å². The van der Waals surface area contributed by atoms with Crippen molar-refractivity contribution >= 4 is 11.8 Å². The summed E-state index contributed by atoms with van der Waals surface area (Å²) in [5.74, 6) is 0. The molecule has 0 aromatic carbocycles. The molecule has 0 saturated heterocycles. The molecule has 1 aliphatic carbocycles. The lowest BCUT2D eigenvalue weighted by atomic mass is 9.83. The van der Waals surface area contributed by atoms with Crippen molar-refractivity contribution in [3.8, 4) is 6.07 Å². The second kappa shape index (κ2) is 5.33. The Bertz CT molecular complexity index is 462. The highest BCUT2D eigenvalue weighted by Gasteiger charge is 2.35. The van der Waals surface area contributed by atoms with Crippen molar-refractivity contribution in [2.45, 2.75) is 48.4 Å². The third-order valence-electron chi connectivity index (χ3n) is 3.64. The Morgan fingerprint density at radius 3 is 3.00 bits per heavy atom. The van der Waals surface area contributed by atoms with Crippen molar-refractivity contribution < 1.29 is 0 Å². The van der Waals surface area contributed by atoms with Crippen LogP contribution < -0.4 is 5.32 Å². The molecule has 98 valence electrons. The van der Waals surface area contributed by atoms with Gasteiger partial charge in [-0.2, -0.15) is 10.4 Å². The fourth-order valence-corrected chi connectivity index (χ4v) is 4.00. The Kier molecular flexibility index (Phi) is 3.98. The molecule has 2 atom stereocenters. The number of aromatic nitrogens is 2. The maximum Gasteiger partial charge on any atom is 0.107 e. The molecule has 5 heteroatoms. The topological polar surface area (TPSA) is 53.6 Å². The molecular formula is C13H20N4S. The van der Waals surface area contributed by atoms with E-state index in [0.717, 1.165) is 25.0 Å². The minimum absolute atomic E-state index is 0.330. The summed E-state index contributed by atoms with van der Waals surface area (Å²) in [6, 6.07) is 4.57. The van der Waals surface area contributed by atoms with Crippen LogP contribution in [0.2, 0.25) is 0 Å². The summed E-state index contributed by atoms with van der Waals surface area (Å²) >= 11 is 1.85. The van der Waals surface area contributed by atoms with E-state index in [1.54, 1.807) is 0 Å². The normalized spacial score (nSPS) is 28.0. The number of nitrogens with zero attached hydrogens (tertiary/aromatic N) is 3. The number of hydrogen-bond donors (Lipinski definition) is 1. The van der Waals surface area contributed by atoms with Crippen LogP contribution >= 0.6 is 11.8 Å². The Hall–Kier alpha value is -0.990. The standard InChI is InChI=1S/C13H20N4S/c1-10-7-12(17(3)16-10)18-11-5-4-6-13(8-11,9-14)15-2/h7,11,15H,4-6,8H2,1-3H3. The van der Waals surface area contributed by atoms with Gasteiger partial charge in [0, 0.05) is 12.3 Å².